The van der Waals surface area contributed by atoms with E-state index in [0.717, 1.165) is 11.1 Å². The van der Waals surface area contributed by atoms with Crippen LogP contribution in [0.5, 0.6) is 0 Å². The van der Waals surface area contributed by atoms with Crippen LogP contribution < -0.4 is 0 Å². The molecule has 0 bridgehead atoms. The summed E-state index contributed by atoms with van der Waals surface area (Å²) in [7, 11) is 1.35. The first-order valence-corrected chi connectivity index (χ1v) is 6.50. The predicted molar refractivity (Wildman–Crippen MR) is 80.2 cm³/mol. The van der Waals surface area contributed by atoms with Gasteiger partial charge in [0.2, 0.25) is 0 Å². The Morgan fingerprint density at radius 1 is 1.15 bits per heavy atom. The summed E-state index contributed by atoms with van der Waals surface area (Å²) in [6.45, 7) is 0. The molecule has 0 spiro atoms. The monoisotopic (exact) mass is 287 g/mol. The van der Waals surface area contributed by atoms with Crippen molar-refractivity contribution in [3.63, 3.8) is 0 Å². The van der Waals surface area contributed by atoms with Crippen molar-refractivity contribution in [1.29, 1.82) is 0 Å². The van der Waals surface area contributed by atoms with Crippen molar-refractivity contribution in [1.82, 2.24) is 0 Å². The molecule has 2 aromatic carbocycles. The minimum atomic E-state index is -0.683. The number of hydrogen-bond acceptors (Lipinski definition) is 3. The maximum Gasteiger partial charge on any atom is 0.335 e. The molecule has 0 saturated heterocycles. The number of benzene rings is 2. The summed E-state index contributed by atoms with van der Waals surface area (Å²) in [4.78, 5) is 16.2. The van der Waals surface area contributed by atoms with Crippen LogP contribution in [0.1, 0.15) is 17.2 Å². The lowest BCUT2D eigenvalue weighted by molar-refractivity contribution is -0.142. The molecule has 0 aromatic heterocycles. The molecular weight excluding hydrogens is 274 g/mol. The molecular formula is C16H14ClNO2. The first-order valence-electron chi connectivity index (χ1n) is 6.13. The summed E-state index contributed by atoms with van der Waals surface area (Å²) < 4.78 is 4.80. The highest BCUT2D eigenvalue weighted by Crippen LogP contribution is 2.20. The molecule has 0 N–H and O–H groups in total. The van der Waals surface area contributed by atoms with E-state index in [2.05, 4.69) is 4.99 Å². The average Bonchev–Trinajstić information content (AvgIpc) is 2.50. The van der Waals surface area contributed by atoms with Gasteiger partial charge in [-0.15, -0.1) is 0 Å². The summed E-state index contributed by atoms with van der Waals surface area (Å²) in [5.41, 5.74) is 1.54. The van der Waals surface area contributed by atoms with Gasteiger partial charge >= 0.3 is 5.97 Å². The minimum absolute atomic E-state index is 0.403. The Labute approximate surface area is 122 Å². The van der Waals surface area contributed by atoms with Gasteiger partial charge in [0.15, 0.2) is 6.04 Å². The van der Waals surface area contributed by atoms with Crippen molar-refractivity contribution in [3.05, 3.63) is 70.7 Å². The van der Waals surface area contributed by atoms with E-state index in [1.807, 2.05) is 48.5 Å². The third-order valence-corrected chi connectivity index (χ3v) is 3.15. The second-order valence-corrected chi connectivity index (χ2v) is 4.54. The highest BCUT2D eigenvalue weighted by Gasteiger charge is 2.19. The number of hydrogen-bond donors (Lipinski definition) is 0. The lowest BCUT2D eigenvalue weighted by atomic mass is 10.1. The van der Waals surface area contributed by atoms with E-state index in [9.17, 15) is 4.79 Å². The Morgan fingerprint density at radius 2 is 1.80 bits per heavy atom. The first kappa shape index (κ1) is 14.3. The number of aliphatic imine (C=N–C) groups is 1. The van der Waals surface area contributed by atoms with Crippen molar-refractivity contribution >= 4 is 23.8 Å². The number of rotatable bonds is 4. The minimum Gasteiger partial charge on any atom is -0.467 e. The van der Waals surface area contributed by atoms with Gasteiger partial charge < -0.3 is 4.74 Å². The molecule has 1 atom stereocenters. The van der Waals surface area contributed by atoms with Gasteiger partial charge in [-0.05, 0) is 11.6 Å². The topological polar surface area (TPSA) is 38.7 Å². The number of esters is 1. The SMILES string of the molecule is COC(=O)C(N=Cc1ccccc1Cl)c1ccccc1. The van der Waals surface area contributed by atoms with Gasteiger partial charge in [-0.3, -0.25) is 4.99 Å². The van der Waals surface area contributed by atoms with E-state index in [4.69, 9.17) is 16.3 Å². The van der Waals surface area contributed by atoms with Gasteiger partial charge in [0.25, 0.3) is 0 Å². The summed E-state index contributed by atoms with van der Waals surface area (Å²) in [5, 5.41) is 0.591. The number of nitrogens with zero attached hydrogens (tertiary/aromatic N) is 1. The summed E-state index contributed by atoms with van der Waals surface area (Å²) in [6.07, 6.45) is 1.59. The zero-order valence-electron chi connectivity index (χ0n) is 11.0. The molecule has 0 aliphatic heterocycles. The molecule has 0 fully saturated rings. The van der Waals surface area contributed by atoms with Crippen LogP contribution in [-0.2, 0) is 9.53 Å². The van der Waals surface area contributed by atoms with Crippen molar-refractivity contribution in [2.75, 3.05) is 7.11 Å². The number of carbonyl (C=O) groups is 1. The first-order chi connectivity index (χ1) is 9.72. The van der Waals surface area contributed by atoms with Crippen molar-refractivity contribution < 1.29 is 9.53 Å². The molecule has 0 saturated carbocycles. The maximum absolute atomic E-state index is 11.8. The molecule has 2 aromatic rings. The largest absolute Gasteiger partial charge is 0.467 e. The van der Waals surface area contributed by atoms with Gasteiger partial charge in [0, 0.05) is 16.8 Å². The van der Waals surface area contributed by atoms with Gasteiger partial charge in [-0.25, -0.2) is 4.79 Å². The molecule has 3 nitrogen and oxygen atoms in total. The Balaban J connectivity index is 2.30. The predicted octanol–water partition coefficient (Wildman–Crippen LogP) is 3.67. The number of methoxy groups -OCH3 is 1. The highest BCUT2D eigenvalue weighted by atomic mass is 35.5. The van der Waals surface area contributed by atoms with Crippen LogP contribution >= 0.6 is 11.6 Å². The van der Waals surface area contributed by atoms with Gasteiger partial charge in [-0.2, -0.15) is 0 Å². The molecule has 0 radical (unpaired) electrons. The highest BCUT2D eigenvalue weighted by molar-refractivity contribution is 6.33. The third-order valence-electron chi connectivity index (χ3n) is 2.81. The fraction of sp³-hybridized carbons (Fsp3) is 0.125. The van der Waals surface area contributed by atoms with Crippen molar-refractivity contribution in [2.45, 2.75) is 6.04 Å². The average molecular weight is 288 g/mol. The Bertz CT molecular complexity index is 611. The van der Waals surface area contributed by atoms with Gasteiger partial charge in [0.05, 0.1) is 7.11 Å². The fourth-order valence-electron chi connectivity index (χ4n) is 1.76. The molecule has 20 heavy (non-hydrogen) atoms. The lowest BCUT2D eigenvalue weighted by Gasteiger charge is -2.10. The molecule has 0 heterocycles. The Kier molecular flexibility index (Phi) is 4.91. The maximum atomic E-state index is 11.8. The van der Waals surface area contributed by atoms with E-state index in [-0.39, 0.29) is 0 Å². The van der Waals surface area contributed by atoms with E-state index >= 15 is 0 Å². The molecule has 0 aliphatic rings. The van der Waals surface area contributed by atoms with Crippen LogP contribution in [0.2, 0.25) is 5.02 Å². The molecule has 0 amide bonds. The third kappa shape index (κ3) is 3.45. The van der Waals surface area contributed by atoms with Crippen LogP contribution in [0.25, 0.3) is 0 Å². The molecule has 1 unspecified atom stereocenters. The van der Waals surface area contributed by atoms with Gasteiger partial charge in [-0.1, -0.05) is 60.1 Å². The number of ether oxygens (including phenoxy) is 1. The summed E-state index contributed by atoms with van der Waals surface area (Å²) >= 11 is 6.06. The number of halogens is 1. The molecule has 102 valence electrons. The normalized spacial score (nSPS) is 12.3. The van der Waals surface area contributed by atoms with E-state index in [1.165, 1.54) is 7.11 Å². The second-order valence-electron chi connectivity index (χ2n) is 4.14. The Hall–Kier alpha value is -2.13. The molecule has 0 aliphatic carbocycles. The van der Waals surface area contributed by atoms with Crippen LogP contribution in [0.15, 0.2) is 59.6 Å². The Morgan fingerprint density at radius 3 is 2.45 bits per heavy atom. The van der Waals surface area contributed by atoms with Crippen LogP contribution in [0.4, 0.5) is 0 Å². The van der Waals surface area contributed by atoms with E-state index in [0.29, 0.717) is 5.02 Å². The van der Waals surface area contributed by atoms with Crippen LogP contribution in [0.3, 0.4) is 0 Å². The quantitative estimate of drug-likeness (QED) is 0.636. The van der Waals surface area contributed by atoms with Crippen LogP contribution in [0, 0.1) is 0 Å². The second kappa shape index (κ2) is 6.87. The van der Waals surface area contributed by atoms with Crippen LogP contribution in [-0.4, -0.2) is 19.3 Å². The zero-order valence-corrected chi connectivity index (χ0v) is 11.7. The fourth-order valence-corrected chi connectivity index (χ4v) is 1.95. The van der Waals surface area contributed by atoms with Gasteiger partial charge in [0.1, 0.15) is 0 Å². The van der Waals surface area contributed by atoms with E-state index in [1.54, 1.807) is 12.3 Å². The molecule has 2 rings (SSSR count). The van der Waals surface area contributed by atoms with Crippen molar-refractivity contribution in [3.8, 4) is 0 Å². The number of carbonyl (C=O) groups excluding carboxylic acids is 1. The summed E-state index contributed by atoms with van der Waals surface area (Å²) in [6, 6.07) is 15.9. The standard InChI is InChI=1S/C16H14ClNO2/c1-20-16(19)15(12-7-3-2-4-8-12)18-11-13-9-5-6-10-14(13)17/h2-11,15H,1H3. The smallest absolute Gasteiger partial charge is 0.335 e. The lowest BCUT2D eigenvalue weighted by Crippen LogP contribution is -2.12. The summed E-state index contributed by atoms with van der Waals surface area (Å²) in [5.74, 6) is -0.403. The van der Waals surface area contributed by atoms with E-state index < -0.39 is 12.0 Å². The van der Waals surface area contributed by atoms with Crippen molar-refractivity contribution in [2.24, 2.45) is 4.99 Å². The zero-order chi connectivity index (χ0) is 14.4. The molecule has 4 heteroatoms.